The van der Waals surface area contributed by atoms with Crippen molar-refractivity contribution in [2.45, 2.75) is 45.7 Å². The molecule has 8 nitrogen and oxygen atoms in total. The molecule has 2 aromatic rings. The van der Waals surface area contributed by atoms with Gasteiger partial charge in [0.15, 0.2) is 5.82 Å². The van der Waals surface area contributed by atoms with Gasteiger partial charge in [0.05, 0.1) is 18.2 Å². The number of fused-ring (bicyclic) bond motifs is 1. The van der Waals surface area contributed by atoms with E-state index in [4.69, 9.17) is 0 Å². The van der Waals surface area contributed by atoms with Gasteiger partial charge in [0.25, 0.3) is 0 Å². The Hall–Kier alpha value is -2.87. The predicted octanol–water partition coefficient (Wildman–Crippen LogP) is 2.48. The first-order chi connectivity index (χ1) is 13.1. The summed E-state index contributed by atoms with van der Waals surface area (Å²) in [5.41, 5.74) is 5.57. The van der Waals surface area contributed by atoms with Gasteiger partial charge in [-0.15, -0.1) is 0 Å². The van der Waals surface area contributed by atoms with E-state index in [1.165, 1.54) is 0 Å². The molecule has 2 heterocycles. The Kier molecular flexibility index (Phi) is 6.08. The van der Waals surface area contributed by atoms with Crippen LogP contribution in [0.1, 0.15) is 49.4 Å². The van der Waals surface area contributed by atoms with Gasteiger partial charge in [0.2, 0.25) is 5.91 Å². The molecule has 1 aromatic heterocycles. The lowest BCUT2D eigenvalue weighted by Crippen LogP contribution is -2.45. The first-order valence-corrected chi connectivity index (χ1v) is 9.29. The standard InChI is InChI=1S/C19H26N6O2/c1-3-4-10-20-19(27)24-25-11-15-16(12-25)22-23-17(15)21-18(26)13(2)14-8-6-5-7-9-14/h5-9,13H,3-4,10-12H2,1-2H3,(H2,20,24,27)(H2,21,22,23,26). The van der Waals surface area contributed by atoms with Gasteiger partial charge in [-0.1, -0.05) is 43.7 Å². The molecule has 0 fully saturated rings. The summed E-state index contributed by atoms with van der Waals surface area (Å²) in [7, 11) is 0. The van der Waals surface area contributed by atoms with Crippen LogP contribution >= 0.6 is 0 Å². The number of unbranched alkanes of at least 4 members (excludes halogenated alkanes) is 1. The number of hydrazine groups is 1. The molecule has 1 unspecified atom stereocenters. The van der Waals surface area contributed by atoms with Crippen molar-refractivity contribution in [3.05, 3.63) is 47.2 Å². The number of nitrogens with one attached hydrogen (secondary N) is 4. The molecular weight excluding hydrogens is 344 g/mol. The number of amides is 3. The van der Waals surface area contributed by atoms with Crippen LogP contribution in [-0.2, 0) is 17.9 Å². The highest BCUT2D eigenvalue weighted by Gasteiger charge is 2.27. The molecule has 4 N–H and O–H groups in total. The van der Waals surface area contributed by atoms with Gasteiger partial charge in [-0.3, -0.25) is 15.3 Å². The first-order valence-electron chi connectivity index (χ1n) is 9.29. The Morgan fingerprint density at radius 2 is 2.04 bits per heavy atom. The number of anilines is 1. The maximum absolute atomic E-state index is 12.6. The fourth-order valence-corrected chi connectivity index (χ4v) is 3.00. The molecule has 0 bridgehead atoms. The van der Waals surface area contributed by atoms with Gasteiger partial charge in [0, 0.05) is 18.7 Å². The van der Waals surface area contributed by atoms with Gasteiger partial charge in [-0.25, -0.2) is 9.80 Å². The van der Waals surface area contributed by atoms with E-state index in [0.29, 0.717) is 25.5 Å². The first kappa shape index (κ1) is 18.9. The van der Waals surface area contributed by atoms with Crippen molar-refractivity contribution in [3.63, 3.8) is 0 Å². The normalized spacial score (nSPS) is 14.4. The second-order valence-corrected chi connectivity index (χ2v) is 6.73. The average Bonchev–Trinajstić information content (AvgIpc) is 3.23. The molecule has 144 valence electrons. The van der Waals surface area contributed by atoms with Gasteiger partial charge in [-0.2, -0.15) is 5.10 Å². The summed E-state index contributed by atoms with van der Waals surface area (Å²) in [5, 5.41) is 14.7. The third-order valence-electron chi connectivity index (χ3n) is 4.66. The lowest BCUT2D eigenvalue weighted by molar-refractivity contribution is -0.117. The number of carbonyl (C=O) groups excluding carboxylic acids is 2. The molecule has 0 aliphatic carbocycles. The van der Waals surface area contributed by atoms with E-state index in [0.717, 1.165) is 29.7 Å². The molecule has 8 heteroatoms. The molecule has 1 aliphatic rings. The van der Waals surface area contributed by atoms with Crippen molar-refractivity contribution in [2.75, 3.05) is 11.9 Å². The molecule has 0 saturated heterocycles. The van der Waals surface area contributed by atoms with Crippen LogP contribution in [-0.4, -0.2) is 33.7 Å². The summed E-state index contributed by atoms with van der Waals surface area (Å²) >= 11 is 0. The minimum absolute atomic E-state index is 0.112. The van der Waals surface area contributed by atoms with Gasteiger partial charge in [-0.05, 0) is 18.9 Å². The zero-order valence-electron chi connectivity index (χ0n) is 15.7. The maximum atomic E-state index is 12.6. The number of hydrogen-bond acceptors (Lipinski definition) is 4. The van der Waals surface area contributed by atoms with Crippen molar-refractivity contribution in [2.24, 2.45) is 0 Å². The molecule has 1 aliphatic heterocycles. The highest BCUT2D eigenvalue weighted by atomic mass is 16.2. The van der Waals surface area contributed by atoms with Crippen molar-refractivity contribution < 1.29 is 9.59 Å². The lowest BCUT2D eigenvalue weighted by atomic mass is 10.0. The monoisotopic (exact) mass is 370 g/mol. The average molecular weight is 370 g/mol. The van der Waals surface area contributed by atoms with Crippen molar-refractivity contribution in [1.29, 1.82) is 0 Å². The van der Waals surface area contributed by atoms with Gasteiger partial charge in [0.1, 0.15) is 0 Å². The molecule has 3 amide bonds. The van der Waals surface area contributed by atoms with E-state index >= 15 is 0 Å². The van der Waals surface area contributed by atoms with Crippen molar-refractivity contribution in [1.82, 2.24) is 25.9 Å². The maximum Gasteiger partial charge on any atom is 0.329 e. The highest BCUT2D eigenvalue weighted by molar-refractivity contribution is 5.95. The summed E-state index contributed by atoms with van der Waals surface area (Å²) in [5.74, 6) is 0.131. The second kappa shape index (κ2) is 8.68. The zero-order valence-corrected chi connectivity index (χ0v) is 15.7. The van der Waals surface area contributed by atoms with E-state index in [9.17, 15) is 9.59 Å². The largest absolute Gasteiger partial charge is 0.337 e. The van der Waals surface area contributed by atoms with Crippen LogP contribution in [0.4, 0.5) is 10.6 Å². The molecule has 0 spiro atoms. The fourth-order valence-electron chi connectivity index (χ4n) is 3.00. The highest BCUT2D eigenvalue weighted by Crippen LogP contribution is 2.27. The number of hydrogen-bond donors (Lipinski definition) is 4. The van der Waals surface area contributed by atoms with Crippen LogP contribution in [0, 0.1) is 0 Å². The van der Waals surface area contributed by atoms with Crippen LogP contribution in [0.5, 0.6) is 0 Å². The van der Waals surface area contributed by atoms with Crippen molar-refractivity contribution in [3.8, 4) is 0 Å². The van der Waals surface area contributed by atoms with Crippen LogP contribution in [0.15, 0.2) is 30.3 Å². The Morgan fingerprint density at radius 3 is 2.78 bits per heavy atom. The summed E-state index contributed by atoms with van der Waals surface area (Å²) in [6, 6.07) is 9.41. The zero-order chi connectivity index (χ0) is 19.2. The summed E-state index contributed by atoms with van der Waals surface area (Å²) < 4.78 is 0. The number of benzene rings is 1. The van der Waals surface area contributed by atoms with Crippen LogP contribution in [0.3, 0.4) is 0 Å². The quantitative estimate of drug-likeness (QED) is 0.562. The van der Waals surface area contributed by atoms with E-state index < -0.39 is 0 Å². The lowest BCUT2D eigenvalue weighted by Gasteiger charge is -2.17. The summed E-state index contributed by atoms with van der Waals surface area (Å²) in [4.78, 5) is 24.5. The SMILES string of the molecule is CCCCNC(=O)NN1Cc2[nH]nc(NC(=O)C(C)c3ccccc3)c2C1. The van der Waals surface area contributed by atoms with E-state index in [1.807, 2.05) is 37.3 Å². The van der Waals surface area contributed by atoms with Crippen molar-refractivity contribution >= 4 is 17.8 Å². The second-order valence-electron chi connectivity index (χ2n) is 6.73. The minimum atomic E-state index is -0.279. The third-order valence-corrected chi connectivity index (χ3v) is 4.66. The smallest absolute Gasteiger partial charge is 0.329 e. The Labute approximate surface area is 158 Å². The minimum Gasteiger partial charge on any atom is -0.337 e. The Bertz CT molecular complexity index is 789. The number of nitrogens with zero attached hydrogens (tertiary/aromatic N) is 2. The number of aromatic amines is 1. The third kappa shape index (κ3) is 4.65. The van der Waals surface area contributed by atoms with E-state index in [1.54, 1.807) is 5.01 Å². The number of H-pyrrole nitrogens is 1. The van der Waals surface area contributed by atoms with E-state index in [-0.39, 0.29) is 17.9 Å². The topological polar surface area (TPSA) is 102 Å². The predicted molar refractivity (Wildman–Crippen MR) is 103 cm³/mol. The molecule has 27 heavy (non-hydrogen) atoms. The molecular formula is C19H26N6O2. The van der Waals surface area contributed by atoms with Crippen LogP contribution in [0.25, 0.3) is 0 Å². The Balaban J connectivity index is 1.56. The molecule has 3 rings (SSSR count). The van der Waals surface area contributed by atoms with Crippen LogP contribution in [0.2, 0.25) is 0 Å². The number of rotatable bonds is 7. The Morgan fingerprint density at radius 1 is 1.26 bits per heavy atom. The van der Waals surface area contributed by atoms with Gasteiger partial charge >= 0.3 is 6.03 Å². The van der Waals surface area contributed by atoms with Crippen LogP contribution < -0.4 is 16.1 Å². The molecule has 0 saturated carbocycles. The summed E-state index contributed by atoms with van der Waals surface area (Å²) in [6.45, 7) is 5.61. The number of urea groups is 1. The summed E-state index contributed by atoms with van der Waals surface area (Å²) in [6.07, 6.45) is 1.98. The molecule has 1 atom stereocenters. The molecule has 0 radical (unpaired) electrons. The fraction of sp³-hybridized carbons (Fsp3) is 0.421. The van der Waals surface area contributed by atoms with E-state index in [2.05, 4.69) is 33.2 Å². The van der Waals surface area contributed by atoms with Gasteiger partial charge < -0.3 is 10.6 Å². The molecule has 1 aromatic carbocycles. The number of carbonyl (C=O) groups is 2. The number of aromatic nitrogens is 2.